The average Bonchev–Trinajstić information content (AvgIpc) is 2.78. The maximum absolute atomic E-state index is 12.3. The average molecular weight is 228 g/mol. The monoisotopic (exact) mass is 228 g/mol. The van der Waals surface area contributed by atoms with Crippen LogP contribution in [0.3, 0.4) is 0 Å². The summed E-state index contributed by atoms with van der Waals surface area (Å²) >= 11 is 0. The summed E-state index contributed by atoms with van der Waals surface area (Å²) < 4.78 is 1.75. The number of nitrogens with zero attached hydrogens (tertiary/aromatic N) is 2. The molecule has 1 aromatic heterocycles. The molecule has 0 spiro atoms. The normalized spacial score (nSPS) is 12.4. The Bertz CT molecular complexity index is 502. The first-order valence-corrected chi connectivity index (χ1v) is 5.83. The zero-order valence-corrected chi connectivity index (χ0v) is 10.1. The van der Waals surface area contributed by atoms with Gasteiger partial charge in [-0.3, -0.25) is 9.48 Å². The molecule has 0 bridgehead atoms. The number of carbonyl (C=O) groups is 1. The van der Waals surface area contributed by atoms with Gasteiger partial charge < -0.3 is 0 Å². The summed E-state index contributed by atoms with van der Waals surface area (Å²) in [6, 6.07) is 11.1. The first kappa shape index (κ1) is 11.6. The SMILES string of the molecule is CCC(C(=O)c1ccccc1)n1ccc(C)n1. The molecule has 2 aromatic rings. The van der Waals surface area contributed by atoms with Crippen LogP contribution in [0.15, 0.2) is 42.6 Å². The van der Waals surface area contributed by atoms with Crippen LogP contribution in [0.5, 0.6) is 0 Å². The molecule has 88 valence electrons. The second-order valence-corrected chi connectivity index (χ2v) is 4.09. The highest BCUT2D eigenvalue weighted by molar-refractivity contribution is 5.98. The summed E-state index contributed by atoms with van der Waals surface area (Å²) in [4.78, 5) is 12.3. The lowest BCUT2D eigenvalue weighted by Crippen LogP contribution is -2.19. The lowest BCUT2D eigenvalue weighted by atomic mass is 10.0. The lowest BCUT2D eigenvalue weighted by Gasteiger charge is -2.14. The van der Waals surface area contributed by atoms with Gasteiger partial charge >= 0.3 is 0 Å². The Morgan fingerprint density at radius 3 is 2.53 bits per heavy atom. The van der Waals surface area contributed by atoms with E-state index in [0.717, 1.165) is 17.7 Å². The Labute approximate surface area is 101 Å². The number of rotatable bonds is 4. The quantitative estimate of drug-likeness (QED) is 0.754. The number of benzene rings is 1. The predicted octanol–water partition coefficient (Wildman–Crippen LogP) is 3.03. The fourth-order valence-corrected chi connectivity index (χ4v) is 1.89. The van der Waals surface area contributed by atoms with Crippen molar-refractivity contribution in [3.63, 3.8) is 0 Å². The van der Waals surface area contributed by atoms with E-state index >= 15 is 0 Å². The molecule has 0 aliphatic rings. The number of aryl methyl sites for hydroxylation is 1. The van der Waals surface area contributed by atoms with Crippen molar-refractivity contribution < 1.29 is 4.79 Å². The topological polar surface area (TPSA) is 34.9 Å². The van der Waals surface area contributed by atoms with Gasteiger partial charge in [-0.1, -0.05) is 37.3 Å². The fraction of sp³-hybridized carbons (Fsp3) is 0.286. The van der Waals surface area contributed by atoms with Crippen LogP contribution in [0, 0.1) is 6.92 Å². The van der Waals surface area contributed by atoms with Crippen LogP contribution in [0.1, 0.15) is 35.4 Å². The van der Waals surface area contributed by atoms with Crippen LogP contribution < -0.4 is 0 Å². The van der Waals surface area contributed by atoms with Crippen LogP contribution in [-0.4, -0.2) is 15.6 Å². The molecule has 0 saturated heterocycles. The Hall–Kier alpha value is -1.90. The van der Waals surface area contributed by atoms with Crippen molar-refractivity contribution in [2.75, 3.05) is 0 Å². The van der Waals surface area contributed by atoms with E-state index in [4.69, 9.17) is 0 Å². The number of aromatic nitrogens is 2. The van der Waals surface area contributed by atoms with Gasteiger partial charge in [0.2, 0.25) is 0 Å². The maximum atomic E-state index is 12.3. The molecule has 0 fully saturated rings. The first-order chi connectivity index (χ1) is 8.22. The second-order valence-electron chi connectivity index (χ2n) is 4.09. The molecule has 0 amide bonds. The molecule has 1 atom stereocenters. The van der Waals surface area contributed by atoms with Gasteiger partial charge in [0.15, 0.2) is 5.78 Å². The minimum atomic E-state index is -0.203. The van der Waals surface area contributed by atoms with Crippen molar-refractivity contribution in [2.45, 2.75) is 26.3 Å². The van der Waals surface area contributed by atoms with E-state index in [-0.39, 0.29) is 11.8 Å². The Morgan fingerprint density at radius 1 is 1.29 bits per heavy atom. The summed E-state index contributed by atoms with van der Waals surface area (Å²) in [5.41, 5.74) is 1.68. The van der Waals surface area contributed by atoms with Crippen molar-refractivity contribution in [1.82, 2.24) is 9.78 Å². The largest absolute Gasteiger partial charge is 0.292 e. The maximum Gasteiger partial charge on any atom is 0.187 e. The molecule has 0 aliphatic heterocycles. The number of Topliss-reactive ketones (excluding diaryl/α,β-unsaturated/α-hetero) is 1. The van der Waals surface area contributed by atoms with E-state index in [2.05, 4.69) is 5.10 Å². The number of carbonyl (C=O) groups excluding carboxylic acids is 1. The van der Waals surface area contributed by atoms with Crippen LogP contribution in [0.2, 0.25) is 0 Å². The molecule has 0 N–H and O–H groups in total. The Morgan fingerprint density at radius 2 is 2.00 bits per heavy atom. The van der Waals surface area contributed by atoms with Crippen molar-refractivity contribution in [2.24, 2.45) is 0 Å². The molecule has 0 aliphatic carbocycles. The number of hydrogen-bond acceptors (Lipinski definition) is 2. The standard InChI is InChI=1S/C14H16N2O/c1-3-13(16-10-9-11(2)15-16)14(17)12-7-5-4-6-8-12/h4-10,13H,3H2,1-2H3. The minimum absolute atomic E-state index is 0.121. The highest BCUT2D eigenvalue weighted by atomic mass is 16.1. The van der Waals surface area contributed by atoms with E-state index < -0.39 is 0 Å². The number of hydrogen-bond donors (Lipinski definition) is 0. The van der Waals surface area contributed by atoms with E-state index in [9.17, 15) is 4.79 Å². The third-order valence-corrected chi connectivity index (χ3v) is 2.81. The number of ketones is 1. The zero-order chi connectivity index (χ0) is 12.3. The summed E-state index contributed by atoms with van der Waals surface area (Å²) in [7, 11) is 0. The molecule has 3 heteroatoms. The summed E-state index contributed by atoms with van der Waals surface area (Å²) in [5.74, 6) is 0.121. The van der Waals surface area contributed by atoms with Crippen LogP contribution in [0.4, 0.5) is 0 Å². The van der Waals surface area contributed by atoms with Gasteiger partial charge in [0, 0.05) is 11.8 Å². The minimum Gasteiger partial charge on any atom is -0.292 e. The smallest absolute Gasteiger partial charge is 0.187 e. The summed E-state index contributed by atoms with van der Waals surface area (Å²) in [6.07, 6.45) is 2.61. The van der Waals surface area contributed by atoms with Gasteiger partial charge in [-0.05, 0) is 19.4 Å². The third kappa shape index (κ3) is 2.44. The molecule has 3 nitrogen and oxygen atoms in total. The van der Waals surface area contributed by atoms with E-state index in [0.29, 0.717) is 0 Å². The first-order valence-electron chi connectivity index (χ1n) is 5.83. The second kappa shape index (κ2) is 4.95. The van der Waals surface area contributed by atoms with Crippen molar-refractivity contribution in [1.29, 1.82) is 0 Å². The van der Waals surface area contributed by atoms with Gasteiger partial charge in [0.05, 0.1) is 5.69 Å². The van der Waals surface area contributed by atoms with E-state index in [1.54, 1.807) is 4.68 Å². The van der Waals surface area contributed by atoms with Crippen LogP contribution in [0.25, 0.3) is 0 Å². The van der Waals surface area contributed by atoms with Crippen molar-refractivity contribution >= 4 is 5.78 Å². The van der Waals surface area contributed by atoms with Gasteiger partial charge in [0.1, 0.15) is 6.04 Å². The van der Waals surface area contributed by atoms with Gasteiger partial charge in [-0.2, -0.15) is 5.10 Å². The van der Waals surface area contributed by atoms with Gasteiger partial charge in [-0.15, -0.1) is 0 Å². The third-order valence-electron chi connectivity index (χ3n) is 2.81. The molecule has 1 aromatic carbocycles. The van der Waals surface area contributed by atoms with Crippen LogP contribution in [-0.2, 0) is 0 Å². The Balaban J connectivity index is 2.28. The fourth-order valence-electron chi connectivity index (χ4n) is 1.89. The van der Waals surface area contributed by atoms with Gasteiger partial charge in [-0.25, -0.2) is 0 Å². The Kier molecular flexibility index (Phi) is 3.38. The zero-order valence-electron chi connectivity index (χ0n) is 10.1. The molecule has 0 saturated carbocycles. The van der Waals surface area contributed by atoms with E-state index in [1.807, 2.05) is 56.4 Å². The predicted molar refractivity (Wildman–Crippen MR) is 67.1 cm³/mol. The van der Waals surface area contributed by atoms with Crippen LogP contribution >= 0.6 is 0 Å². The molecule has 1 heterocycles. The molecule has 0 radical (unpaired) electrons. The molecule has 2 rings (SSSR count). The summed E-state index contributed by atoms with van der Waals surface area (Å²) in [6.45, 7) is 3.93. The van der Waals surface area contributed by atoms with E-state index in [1.165, 1.54) is 0 Å². The highest BCUT2D eigenvalue weighted by Gasteiger charge is 2.20. The molecule has 17 heavy (non-hydrogen) atoms. The molecular weight excluding hydrogens is 212 g/mol. The van der Waals surface area contributed by atoms with Crippen molar-refractivity contribution in [3.05, 3.63) is 53.9 Å². The highest BCUT2D eigenvalue weighted by Crippen LogP contribution is 2.17. The molecule has 1 unspecified atom stereocenters. The van der Waals surface area contributed by atoms with Crippen molar-refractivity contribution in [3.8, 4) is 0 Å². The molecular formula is C14H16N2O. The summed E-state index contributed by atoms with van der Waals surface area (Å²) in [5, 5.41) is 4.32. The lowest BCUT2D eigenvalue weighted by molar-refractivity contribution is 0.0914. The van der Waals surface area contributed by atoms with Gasteiger partial charge in [0.25, 0.3) is 0 Å².